The molecule has 1 saturated carbocycles. The minimum atomic E-state index is -0.477. The van der Waals surface area contributed by atoms with Gasteiger partial charge in [0, 0.05) is 0 Å². The van der Waals surface area contributed by atoms with Crippen LogP contribution in [-0.2, 0) is 19.2 Å². The fourth-order valence-corrected chi connectivity index (χ4v) is 7.69. The van der Waals surface area contributed by atoms with Crippen molar-refractivity contribution in [2.75, 3.05) is 9.80 Å². The minimum Gasteiger partial charge on any atom is -0.274 e. The molecule has 39 heavy (non-hydrogen) atoms. The Hall–Kier alpha value is -3.54. The van der Waals surface area contributed by atoms with Crippen LogP contribution in [0.3, 0.4) is 0 Å². The van der Waals surface area contributed by atoms with E-state index < -0.39 is 23.7 Å². The number of para-hydroxylation sites is 2. The molecule has 0 N–H and O–H groups in total. The Kier molecular flexibility index (Phi) is 6.96. The first kappa shape index (κ1) is 25.7. The van der Waals surface area contributed by atoms with E-state index in [0.717, 1.165) is 37.7 Å². The zero-order valence-corrected chi connectivity index (χ0v) is 22.5. The van der Waals surface area contributed by atoms with Crippen molar-refractivity contribution in [3.05, 3.63) is 72.3 Å². The van der Waals surface area contributed by atoms with E-state index in [9.17, 15) is 19.2 Å². The number of amides is 4. The summed E-state index contributed by atoms with van der Waals surface area (Å²) in [6.07, 6.45) is 9.54. The highest BCUT2D eigenvalue weighted by molar-refractivity contribution is 6.23. The van der Waals surface area contributed by atoms with Crippen LogP contribution in [0, 0.1) is 35.5 Å². The van der Waals surface area contributed by atoms with Crippen LogP contribution < -0.4 is 9.80 Å². The maximum atomic E-state index is 13.9. The minimum absolute atomic E-state index is 0.0739. The van der Waals surface area contributed by atoms with Gasteiger partial charge in [-0.15, -0.1) is 0 Å². The summed E-state index contributed by atoms with van der Waals surface area (Å²) < 4.78 is 0. The quantitative estimate of drug-likeness (QED) is 0.244. The standard InChI is InChI=1S/C33H36N2O4/c1-2-3-4-5-12-17-24-23-18-19-25-29(33(39)34(30(25)36)21-13-8-6-9-14-21)26(23)20-27-28(24)32(38)35(31(27)37)22-15-10-7-11-16-22/h6-11,13-16,18,24-29H,2-5,12,17,19-20H2,1H3/t24-,25-,26+,27+,28-,29-/m0/s1. The first-order valence-electron chi connectivity index (χ1n) is 14.6. The van der Waals surface area contributed by atoms with Gasteiger partial charge in [0.15, 0.2) is 0 Å². The molecule has 6 nitrogen and oxygen atoms in total. The van der Waals surface area contributed by atoms with Crippen molar-refractivity contribution in [2.45, 2.75) is 58.3 Å². The van der Waals surface area contributed by atoms with Crippen LogP contribution >= 0.6 is 0 Å². The number of hydrogen-bond acceptors (Lipinski definition) is 4. The van der Waals surface area contributed by atoms with E-state index in [-0.39, 0.29) is 35.5 Å². The summed E-state index contributed by atoms with van der Waals surface area (Å²) in [5.41, 5.74) is 2.35. The molecule has 2 aliphatic carbocycles. The zero-order valence-electron chi connectivity index (χ0n) is 22.5. The van der Waals surface area contributed by atoms with Crippen molar-refractivity contribution in [3.63, 3.8) is 0 Å². The monoisotopic (exact) mass is 524 g/mol. The summed E-state index contributed by atoms with van der Waals surface area (Å²) in [6.45, 7) is 2.19. The number of allylic oxidation sites excluding steroid dienone is 2. The molecule has 6 rings (SSSR count). The van der Waals surface area contributed by atoms with Crippen LogP contribution in [-0.4, -0.2) is 23.6 Å². The molecule has 6 heteroatoms. The molecule has 202 valence electrons. The molecule has 4 aliphatic rings. The van der Waals surface area contributed by atoms with Crippen LogP contribution in [0.4, 0.5) is 11.4 Å². The van der Waals surface area contributed by atoms with Gasteiger partial charge in [-0.1, -0.05) is 87.1 Å². The summed E-state index contributed by atoms with van der Waals surface area (Å²) in [7, 11) is 0. The van der Waals surface area contributed by atoms with Crippen molar-refractivity contribution >= 4 is 35.0 Å². The second-order valence-electron chi connectivity index (χ2n) is 11.6. The van der Waals surface area contributed by atoms with Crippen molar-refractivity contribution in [2.24, 2.45) is 35.5 Å². The van der Waals surface area contributed by atoms with E-state index >= 15 is 0 Å². The molecule has 2 saturated heterocycles. The number of imide groups is 2. The molecule has 2 aromatic carbocycles. The van der Waals surface area contributed by atoms with E-state index in [2.05, 4.69) is 13.0 Å². The molecular formula is C33H36N2O4. The van der Waals surface area contributed by atoms with Gasteiger partial charge in [0.2, 0.25) is 23.6 Å². The van der Waals surface area contributed by atoms with Gasteiger partial charge in [-0.2, -0.15) is 0 Å². The molecule has 0 spiro atoms. The number of carbonyl (C=O) groups excluding carboxylic acids is 4. The topological polar surface area (TPSA) is 74.8 Å². The number of fused-ring (bicyclic) bond motifs is 4. The van der Waals surface area contributed by atoms with Gasteiger partial charge in [-0.3, -0.25) is 29.0 Å². The third kappa shape index (κ3) is 4.25. The average molecular weight is 525 g/mol. The third-order valence-corrected chi connectivity index (χ3v) is 9.44. The Bertz CT molecular complexity index is 1300. The molecule has 3 fully saturated rings. The van der Waals surface area contributed by atoms with E-state index in [1.807, 2.05) is 48.5 Å². The van der Waals surface area contributed by atoms with Gasteiger partial charge in [0.25, 0.3) is 0 Å². The van der Waals surface area contributed by atoms with E-state index in [0.29, 0.717) is 24.2 Å². The van der Waals surface area contributed by atoms with Gasteiger partial charge in [0.05, 0.1) is 35.0 Å². The molecule has 0 radical (unpaired) electrons. The van der Waals surface area contributed by atoms with Gasteiger partial charge in [0.1, 0.15) is 0 Å². The fraction of sp³-hybridized carbons (Fsp3) is 0.455. The first-order chi connectivity index (χ1) is 19.0. The smallest absolute Gasteiger partial charge is 0.238 e. The maximum Gasteiger partial charge on any atom is 0.238 e. The largest absolute Gasteiger partial charge is 0.274 e. The summed E-state index contributed by atoms with van der Waals surface area (Å²) in [5.74, 6) is -2.61. The second kappa shape index (κ2) is 10.6. The van der Waals surface area contributed by atoms with Crippen LogP contribution in [0.5, 0.6) is 0 Å². The molecule has 4 amide bonds. The van der Waals surface area contributed by atoms with Crippen LogP contribution in [0.1, 0.15) is 58.3 Å². The van der Waals surface area contributed by atoms with Crippen molar-refractivity contribution in [3.8, 4) is 0 Å². The third-order valence-electron chi connectivity index (χ3n) is 9.44. The van der Waals surface area contributed by atoms with Gasteiger partial charge < -0.3 is 0 Å². The number of hydrogen-bond donors (Lipinski definition) is 0. The van der Waals surface area contributed by atoms with Gasteiger partial charge in [-0.05, 0) is 55.4 Å². The van der Waals surface area contributed by atoms with Crippen LogP contribution in [0.25, 0.3) is 0 Å². The SMILES string of the molecule is CCCCCCC[C@H]1C2=CC[C@@H]3C(=O)N(c4ccccc4)C(=O)[C@@H]3[C@@H]2C[C@H]2C(=O)N(c3ccccc3)C(=O)[C@H]21. The van der Waals surface area contributed by atoms with Crippen LogP contribution in [0.2, 0.25) is 0 Å². The number of benzene rings is 2. The van der Waals surface area contributed by atoms with Crippen LogP contribution in [0.15, 0.2) is 72.3 Å². The molecular weight excluding hydrogens is 488 g/mol. The highest BCUT2D eigenvalue weighted by Gasteiger charge is 2.61. The lowest BCUT2D eigenvalue weighted by Crippen LogP contribution is -2.44. The number of nitrogens with zero attached hydrogens (tertiary/aromatic N) is 2. The van der Waals surface area contributed by atoms with Gasteiger partial charge >= 0.3 is 0 Å². The summed E-state index contributed by atoms with van der Waals surface area (Å²) >= 11 is 0. The Labute approximate surface area is 230 Å². The van der Waals surface area contributed by atoms with Gasteiger partial charge in [-0.25, -0.2) is 0 Å². The maximum absolute atomic E-state index is 13.9. The molecule has 2 heterocycles. The van der Waals surface area contributed by atoms with E-state index in [1.165, 1.54) is 16.2 Å². The highest BCUT2D eigenvalue weighted by atomic mass is 16.2. The summed E-state index contributed by atoms with van der Waals surface area (Å²) in [4.78, 5) is 57.9. The average Bonchev–Trinajstić information content (AvgIpc) is 3.37. The lowest BCUT2D eigenvalue weighted by molar-refractivity contribution is -0.127. The lowest BCUT2D eigenvalue weighted by Gasteiger charge is -2.44. The number of carbonyl (C=O) groups is 4. The molecule has 6 atom stereocenters. The Morgan fingerprint density at radius 1 is 0.641 bits per heavy atom. The molecule has 0 aromatic heterocycles. The van der Waals surface area contributed by atoms with Crippen molar-refractivity contribution < 1.29 is 19.2 Å². The zero-order chi connectivity index (χ0) is 27.1. The molecule has 0 unspecified atom stereocenters. The van der Waals surface area contributed by atoms with Crippen molar-refractivity contribution in [1.29, 1.82) is 0 Å². The second-order valence-corrected chi connectivity index (χ2v) is 11.6. The number of unbranched alkanes of at least 4 members (excludes halogenated alkanes) is 4. The predicted molar refractivity (Wildman–Crippen MR) is 150 cm³/mol. The highest BCUT2D eigenvalue weighted by Crippen LogP contribution is 2.56. The van der Waals surface area contributed by atoms with E-state index in [1.54, 1.807) is 12.1 Å². The van der Waals surface area contributed by atoms with Crippen molar-refractivity contribution in [1.82, 2.24) is 0 Å². The molecule has 2 aliphatic heterocycles. The predicted octanol–water partition coefficient (Wildman–Crippen LogP) is 5.92. The number of rotatable bonds is 8. The lowest BCUT2D eigenvalue weighted by atomic mass is 9.57. The Balaban J connectivity index is 1.34. The summed E-state index contributed by atoms with van der Waals surface area (Å²) in [6, 6.07) is 18.3. The normalized spacial score (nSPS) is 29.8. The summed E-state index contributed by atoms with van der Waals surface area (Å²) in [5, 5.41) is 0. The Morgan fingerprint density at radius 3 is 1.82 bits per heavy atom. The molecule has 0 bridgehead atoms. The Morgan fingerprint density at radius 2 is 1.21 bits per heavy atom. The van der Waals surface area contributed by atoms with E-state index in [4.69, 9.17) is 0 Å². The number of anilines is 2. The fourth-order valence-electron chi connectivity index (χ4n) is 7.69. The first-order valence-corrected chi connectivity index (χ1v) is 14.6. The molecule has 2 aromatic rings.